The van der Waals surface area contributed by atoms with Crippen LogP contribution in [0.4, 0.5) is 13.2 Å². The highest BCUT2D eigenvalue weighted by atomic mass is 79.9. The van der Waals surface area contributed by atoms with Gasteiger partial charge in [0.25, 0.3) is 0 Å². The first-order valence-electron chi connectivity index (χ1n) is 3.47. The lowest BCUT2D eigenvalue weighted by Crippen LogP contribution is -2.18. The normalized spacial score (nSPS) is 30.2. The van der Waals surface area contributed by atoms with Gasteiger partial charge in [-0.2, -0.15) is 13.2 Å². The van der Waals surface area contributed by atoms with E-state index < -0.39 is 11.7 Å². The maximum absolute atomic E-state index is 12.1. The van der Waals surface area contributed by atoms with Crippen LogP contribution in [0.15, 0.2) is 23.8 Å². The molecule has 1 aliphatic carbocycles. The third kappa shape index (κ3) is 2.37. The van der Waals surface area contributed by atoms with Crippen LogP contribution in [0, 0.1) is 0 Å². The molecule has 0 fully saturated rings. The van der Waals surface area contributed by atoms with Gasteiger partial charge in [0.15, 0.2) is 0 Å². The van der Waals surface area contributed by atoms with Crippen LogP contribution < -0.4 is 0 Å². The molecule has 1 aliphatic rings. The minimum Gasteiger partial charge on any atom is -0.166 e. The maximum atomic E-state index is 12.1. The van der Waals surface area contributed by atoms with Crippen molar-refractivity contribution >= 4 is 15.9 Å². The molecule has 0 nitrogen and oxygen atoms in total. The van der Waals surface area contributed by atoms with Gasteiger partial charge in [-0.25, -0.2) is 0 Å². The molecule has 0 saturated heterocycles. The Morgan fingerprint density at radius 1 is 1.50 bits per heavy atom. The van der Waals surface area contributed by atoms with Gasteiger partial charge in [-0.05, 0) is 13.3 Å². The largest absolute Gasteiger partial charge is 0.416 e. The van der Waals surface area contributed by atoms with E-state index in [1.807, 2.05) is 6.92 Å². The van der Waals surface area contributed by atoms with Crippen molar-refractivity contribution in [3.8, 4) is 0 Å². The molecule has 68 valence electrons. The van der Waals surface area contributed by atoms with Crippen LogP contribution in [0.2, 0.25) is 0 Å². The zero-order valence-corrected chi connectivity index (χ0v) is 8.04. The van der Waals surface area contributed by atoms with Crippen molar-refractivity contribution in [1.29, 1.82) is 0 Å². The highest BCUT2D eigenvalue weighted by Crippen LogP contribution is 2.35. The fraction of sp³-hybridized carbons (Fsp3) is 0.500. The molecule has 0 spiro atoms. The molecule has 1 rings (SSSR count). The average molecular weight is 241 g/mol. The molecular weight excluding hydrogens is 233 g/mol. The zero-order valence-electron chi connectivity index (χ0n) is 6.45. The Balaban J connectivity index is 2.78. The number of halogens is 4. The molecule has 0 aromatic heterocycles. The Kier molecular flexibility index (Phi) is 2.38. The van der Waals surface area contributed by atoms with E-state index in [0.717, 1.165) is 6.08 Å². The fourth-order valence-corrected chi connectivity index (χ4v) is 1.21. The molecule has 0 N–H and O–H groups in total. The summed E-state index contributed by atoms with van der Waals surface area (Å²) in [6.07, 6.45) is 0.00116. The van der Waals surface area contributed by atoms with Gasteiger partial charge in [0.1, 0.15) is 0 Å². The van der Waals surface area contributed by atoms with Crippen LogP contribution in [-0.4, -0.2) is 10.5 Å². The summed E-state index contributed by atoms with van der Waals surface area (Å²) < 4.78 is 35.9. The molecule has 4 heteroatoms. The van der Waals surface area contributed by atoms with E-state index in [9.17, 15) is 13.2 Å². The van der Waals surface area contributed by atoms with Gasteiger partial charge in [0, 0.05) is 4.32 Å². The molecule has 0 aromatic carbocycles. The number of allylic oxidation sites excluding steroid dienone is 4. The van der Waals surface area contributed by atoms with E-state index in [-0.39, 0.29) is 4.32 Å². The van der Waals surface area contributed by atoms with E-state index in [0.29, 0.717) is 6.42 Å². The van der Waals surface area contributed by atoms with Crippen LogP contribution in [0.5, 0.6) is 0 Å². The Bertz CT molecular complexity index is 235. The van der Waals surface area contributed by atoms with Crippen molar-refractivity contribution in [1.82, 2.24) is 0 Å². The first kappa shape index (κ1) is 9.84. The molecule has 0 radical (unpaired) electrons. The summed E-state index contributed by atoms with van der Waals surface area (Å²) in [5.41, 5.74) is -0.556. The molecule has 1 unspecified atom stereocenters. The lowest BCUT2D eigenvalue weighted by Gasteiger charge is -2.21. The van der Waals surface area contributed by atoms with E-state index in [2.05, 4.69) is 15.9 Å². The van der Waals surface area contributed by atoms with Crippen molar-refractivity contribution in [3.05, 3.63) is 23.8 Å². The first-order valence-corrected chi connectivity index (χ1v) is 4.26. The predicted octanol–water partition coefficient (Wildman–Crippen LogP) is 3.59. The van der Waals surface area contributed by atoms with Gasteiger partial charge in [0.2, 0.25) is 0 Å². The van der Waals surface area contributed by atoms with Gasteiger partial charge in [-0.1, -0.05) is 34.2 Å². The molecule has 0 saturated carbocycles. The van der Waals surface area contributed by atoms with Crippen LogP contribution in [0.3, 0.4) is 0 Å². The summed E-state index contributed by atoms with van der Waals surface area (Å²) in [6.45, 7) is 1.83. The van der Waals surface area contributed by atoms with Crippen LogP contribution in [0.25, 0.3) is 0 Å². The second-order valence-corrected chi connectivity index (χ2v) is 4.78. The summed E-state index contributed by atoms with van der Waals surface area (Å²) in [4.78, 5) is 0. The smallest absolute Gasteiger partial charge is 0.166 e. The van der Waals surface area contributed by atoms with Crippen molar-refractivity contribution in [2.45, 2.75) is 23.8 Å². The summed E-state index contributed by atoms with van der Waals surface area (Å²) in [7, 11) is 0. The van der Waals surface area contributed by atoms with Gasteiger partial charge in [0.05, 0.1) is 5.57 Å². The van der Waals surface area contributed by atoms with Crippen LogP contribution >= 0.6 is 15.9 Å². The lowest BCUT2D eigenvalue weighted by atomic mass is 9.98. The number of hydrogen-bond acceptors (Lipinski definition) is 0. The second-order valence-electron chi connectivity index (χ2n) is 2.97. The molecule has 1 atom stereocenters. The molecule has 0 aromatic rings. The second kappa shape index (κ2) is 2.91. The molecule has 12 heavy (non-hydrogen) atoms. The molecule has 0 amide bonds. The molecule has 0 heterocycles. The van der Waals surface area contributed by atoms with E-state index in [1.54, 1.807) is 0 Å². The third-order valence-electron chi connectivity index (χ3n) is 1.66. The minimum absolute atomic E-state index is 0.318. The lowest BCUT2D eigenvalue weighted by molar-refractivity contribution is -0.0886. The summed E-state index contributed by atoms with van der Waals surface area (Å²) in [5.74, 6) is 0. The Morgan fingerprint density at radius 2 is 2.08 bits per heavy atom. The van der Waals surface area contributed by atoms with E-state index in [4.69, 9.17) is 0 Å². The maximum Gasteiger partial charge on any atom is 0.416 e. The van der Waals surface area contributed by atoms with E-state index in [1.165, 1.54) is 12.2 Å². The van der Waals surface area contributed by atoms with Gasteiger partial charge in [-0.3, -0.25) is 0 Å². The Hall–Kier alpha value is -0.250. The average Bonchev–Trinajstić information content (AvgIpc) is 1.83. The predicted molar refractivity (Wildman–Crippen MR) is 45.2 cm³/mol. The minimum atomic E-state index is -4.21. The van der Waals surface area contributed by atoms with Gasteiger partial charge >= 0.3 is 6.18 Å². The quantitative estimate of drug-likeness (QED) is 0.568. The fourth-order valence-electron chi connectivity index (χ4n) is 0.919. The number of rotatable bonds is 0. The summed E-state index contributed by atoms with van der Waals surface area (Å²) in [5, 5.41) is 0. The van der Waals surface area contributed by atoms with Crippen molar-refractivity contribution in [2.75, 3.05) is 0 Å². The highest BCUT2D eigenvalue weighted by molar-refractivity contribution is 9.10. The highest BCUT2D eigenvalue weighted by Gasteiger charge is 2.34. The monoisotopic (exact) mass is 240 g/mol. The number of hydrogen-bond donors (Lipinski definition) is 0. The van der Waals surface area contributed by atoms with Gasteiger partial charge in [-0.15, -0.1) is 0 Å². The summed E-state index contributed by atoms with van der Waals surface area (Å²) in [6, 6.07) is 0. The molecular formula is C8H8BrF3. The standard InChI is InChI=1S/C8H8BrF3/c1-7(9)4-2-6(3-5-7)8(10,11)12/h2-4H,5H2,1H3. The van der Waals surface area contributed by atoms with Crippen molar-refractivity contribution in [3.63, 3.8) is 0 Å². The van der Waals surface area contributed by atoms with E-state index >= 15 is 0 Å². The van der Waals surface area contributed by atoms with Crippen molar-refractivity contribution in [2.24, 2.45) is 0 Å². The SMILES string of the molecule is CC1(Br)C=CC(C(F)(F)F)=CC1. The number of alkyl halides is 4. The topological polar surface area (TPSA) is 0 Å². The Labute approximate surface area is 77.3 Å². The van der Waals surface area contributed by atoms with Gasteiger partial charge < -0.3 is 0 Å². The summed E-state index contributed by atoms with van der Waals surface area (Å²) >= 11 is 3.29. The van der Waals surface area contributed by atoms with Crippen LogP contribution in [-0.2, 0) is 0 Å². The zero-order chi connectivity index (χ0) is 9.41. The molecule has 0 bridgehead atoms. The Morgan fingerprint density at radius 3 is 2.42 bits per heavy atom. The third-order valence-corrected chi connectivity index (χ3v) is 2.25. The molecule has 0 aliphatic heterocycles. The van der Waals surface area contributed by atoms with Crippen molar-refractivity contribution < 1.29 is 13.2 Å². The van der Waals surface area contributed by atoms with Crippen LogP contribution in [0.1, 0.15) is 13.3 Å². The first-order chi connectivity index (χ1) is 5.31.